The molecule has 10 heteroatoms. The summed E-state index contributed by atoms with van der Waals surface area (Å²) in [5.74, 6) is 1.83. The molecule has 0 amide bonds. The molecule has 26 heavy (non-hydrogen) atoms. The number of nitrogens with two attached hydrogens (primary N) is 1. The topological polar surface area (TPSA) is 145 Å². The lowest BCUT2D eigenvalue weighted by molar-refractivity contribution is 0.483. The summed E-state index contributed by atoms with van der Waals surface area (Å²) in [5, 5.41) is 6.23. The van der Waals surface area contributed by atoms with Gasteiger partial charge in [0.15, 0.2) is 5.96 Å². The Bertz CT molecular complexity index is 803. The fourth-order valence-electron chi connectivity index (χ4n) is 2.17. The van der Waals surface area contributed by atoms with E-state index in [1.54, 1.807) is 18.3 Å². The van der Waals surface area contributed by atoms with Gasteiger partial charge in [0, 0.05) is 25.4 Å². The lowest BCUT2D eigenvalue weighted by Gasteiger charge is -2.07. The molecule has 1 aliphatic heterocycles. The molecule has 2 heterocycles. The van der Waals surface area contributed by atoms with Crippen LogP contribution in [0.25, 0.3) is 0 Å². The Morgan fingerprint density at radius 2 is 2.08 bits per heavy atom. The van der Waals surface area contributed by atoms with Crippen LogP contribution in [-0.4, -0.2) is 48.2 Å². The molecule has 0 fully saturated rings. The Balaban J connectivity index is 0.000000197. The molecular weight excluding hydrogens is 356 g/mol. The van der Waals surface area contributed by atoms with Crippen molar-refractivity contribution in [3.63, 3.8) is 0 Å². The monoisotopic (exact) mass is 380 g/mol. The van der Waals surface area contributed by atoms with Crippen molar-refractivity contribution in [1.82, 2.24) is 20.6 Å². The van der Waals surface area contributed by atoms with Gasteiger partial charge in [-0.25, -0.2) is 9.98 Å². The number of guanidine groups is 1. The van der Waals surface area contributed by atoms with Crippen molar-refractivity contribution in [3.05, 3.63) is 48.0 Å². The lowest BCUT2D eigenvalue weighted by atomic mass is 10.2. The fourth-order valence-corrected chi connectivity index (χ4v) is 2.65. The molecule has 1 aliphatic rings. The molecule has 0 bridgehead atoms. The van der Waals surface area contributed by atoms with Gasteiger partial charge in [-0.05, 0) is 25.5 Å². The maximum atomic E-state index is 10.5. The summed E-state index contributed by atoms with van der Waals surface area (Å²) >= 11 is 0. The van der Waals surface area contributed by atoms with Crippen LogP contribution in [0, 0.1) is 6.92 Å². The molecule has 3 rings (SSSR count). The Hall–Kier alpha value is -2.43. The average Bonchev–Trinajstić information content (AvgIpc) is 3.23. The van der Waals surface area contributed by atoms with Gasteiger partial charge in [-0.15, -0.1) is 0 Å². The number of hydrogen-bond acceptors (Lipinski definition) is 7. The predicted octanol–water partition coefficient (Wildman–Crippen LogP) is 0.418. The number of aromatic nitrogens is 2. The van der Waals surface area contributed by atoms with Crippen LogP contribution in [0.4, 0.5) is 0 Å². The summed E-state index contributed by atoms with van der Waals surface area (Å²) in [6.45, 7) is 3.37. The molecule has 0 aliphatic carbocycles. The third-order valence-corrected chi connectivity index (χ3v) is 4.39. The molecule has 0 saturated carbocycles. The Morgan fingerprint density at radius 3 is 2.62 bits per heavy atom. The second kappa shape index (κ2) is 9.32. The molecule has 1 unspecified atom stereocenters. The van der Waals surface area contributed by atoms with Gasteiger partial charge in [0.2, 0.25) is 0 Å². The van der Waals surface area contributed by atoms with E-state index < -0.39 is 10.1 Å². The van der Waals surface area contributed by atoms with Crippen LogP contribution in [0.5, 0.6) is 0 Å². The lowest BCUT2D eigenvalue weighted by Crippen LogP contribution is -2.43. The summed E-state index contributed by atoms with van der Waals surface area (Å²) in [4.78, 5) is 11.3. The average molecular weight is 380 g/mol. The van der Waals surface area contributed by atoms with Gasteiger partial charge in [0.05, 0.1) is 17.6 Å². The highest BCUT2D eigenvalue weighted by molar-refractivity contribution is 7.85. The van der Waals surface area contributed by atoms with E-state index in [0.29, 0.717) is 6.54 Å². The van der Waals surface area contributed by atoms with E-state index in [1.165, 1.54) is 12.1 Å². The normalized spacial score (nSPS) is 16.3. The highest BCUT2D eigenvalue weighted by atomic mass is 32.2. The van der Waals surface area contributed by atoms with E-state index in [2.05, 4.69) is 25.6 Å². The van der Waals surface area contributed by atoms with Crippen molar-refractivity contribution < 1.29 is 13.0 Å². The van der Waals surface area contributed by atoms with Crippen LogP contribution >= 0.6 is 0 Å². The zero-order valence-electron chi connectivity index (χ0n) is 14.5. The number of hydrogen-bond donors (Lipinski definition) is 5. The van der Waals surface area contributed by atoms with Crippen molar-refractivity contribution in [3.8, 4) is 0 Å². The summed E-state index contributed by atoms with van der Waals surface area (Å²) in [6.07, 6.45) is 5.54. The summed E-state index contributed by atoms with van der Waals surface area (Å²) in [6, 6.07) is 5.99. The minimum absolute atomic E-state index is 0.0300. The van der Waals surface area contributed by atoms with Crippen LogP contribution in [-0.2, 0) is 16.5 Å². The maximum absolute atomic E-state index is 10.5. The minimum Gasteiger partial charge on any atom is -0.356 e. The van der Waals surface area contributed by atoms with Gasteiger partial charge in [-0.1, -0.05) is 17.7 Å². The minimum atomic E-state index is -4.02. The van der Waals surface area contributed by atoms with E-state index in [-0.39, 0.29) is 11.1 Å². The van der Waals surface area contributed by atoms with Crippen LogP contribution in [0.2, 0.25) is 0 Å². The number of nitrogens with zero attached hydrogens (tertiary/aromatic N) is 2. The van der Waals surface area contributed by atoms with Gasteiger partial charge in [-0.2, -0.15) is 8.42 Å². The van der Waals surface area contributed by atoms with Crippen LogP contribution < -0.4 is 16.4 Å². The van der Waals surface area contributed by atoms with Crippen LogP contribution in [0.3, 0.4) is 0 Å². The summed E-state index contributed by atoms with van der Waals surface area (Å²) < 4.78 is 29.6. The van der Waals surface area contributed by atoms with Gasteiger partial charge >= 0.3 is 0 Å². The first-order chi connectivity index (χ1) is 12.3. The number of rotatable bonds is 5. The number of nitrogens with one attached hydrogen (secondary N) is 3. The molecule has 6 N–H and O–H groups in total. The van der Waals surface area contributed by atoms with Crippen molar-refractivity contribution in [2.75, 3.05) is 13.1 Å². The van der Waals surface area contributed by atoms with E-state index in [4.69, 9.17) is 10.3 Å². The van der Waals surface area contributed by atoms with Crippen molar-refractivity contribution >= 4 is 16.1 Å². The number of aryl methyl sites for hydroxylation is 2. The van der Waals surface area contributed by atoms with Crippen molar-refractivity contribution in [1.29, 1.82) is 0 Å². The largest absolute Gasteiger partial charge is 0.356 e. The van der Waals surface area contributed by atoms with Gasteiger partial charge < -0.3 is 21.4 Å². The molecule has 0 spiro atoms. The van der Waals surface area contributed by atoms with Crippen molar-refractivity contribution in [2.24, 2.45) is 10.7 Å². The second-order valence-corrected chi connectivity index (χ2v) is 7.22. The number of aliphatic imine (C=N–C) groups is 1. The van der Waals surface area contributed by atoms with Gasteiger partial charge in [0.1, 0.15) is 5.82 Å². The standard InChI is InChI=1S/C9H16N6.C7H8O3S/c10-7-6-14-9(15-7)13-3-1-2-8-11-4-5-12-8;1-6-2-4-7(5-3-6)11(8,9)10/h4-5,7H,1-3,6,10H2,(H,11,12)(H2,13,14,15);2-5H,1H3,(H,8,9,10). The molecule has 142 valence electrons. The van der Waals surface area contributed by atoms with Crippen molar-refractivity contribution in [2.45, 2.75) is 30.8 Å². The first kappa shape index (κ1) is 19.9. The summed E-state index contributed by atoms with van der Waals surface area (Å²) in [5.41, 5.74) is 6.58. The quantitative estimate of drug-likeness (QED) is 0.373. The van der Waals surface area contributed by atoms with Crippen LogP contribution in [0.1, 0.15) is 17.8 Å². The van der Waals surface area contributed by atoms with E-state index in [0.717, 1.165) is 36.7 Å². The first-order valence-electron chi connectivity index (χ1n) is 8.17. The highest BCUT2D eigenvalue weighted by Crippen LogP contribution is 2.08. The van der Waals surface area contributed by atoms with Crippen LogP contribution in [0.15, 0.2) is 46.5 Å². The molecular formula is C16H24N6O3S. The highest BCUT2D eigenvalue weighted by Gasteiger charge is 2.11. The first-order valence-corrected chi connectivity index (χ1v) is 9.61. The van der Waals surface area contributed by atoms with Gasteiger partial charge in [-0.3, -0.25) is 4.55 Å². The smallest absolute Gasteiger partial charge is 0.294 e. The summed E-state index contributed by atoms with van der Waals surface area (Å²) in [7, 11) is -4.02. The molecule has 9 nitrogen and oxygen atoms in total. The third kappa shape index (κ3) is 6.82. The Kier molecular flexibility index (Phi) is 7.13. The molecule has 1 aromatic carbocycles. The predicted molar refractivity (Wildman–Crippen MR) is 99.3 cm³/mol. The SMILES string of the molecule is Cc1ccc(S(=O)(=O)O)cc1.NC1CN=C(NCCCc2ncc[nH]2)N1. The number of imidazole rings is 1. The number of H-pyrrole nitrogens is 1. The fraction of sp³-hybridized carbons (Fsp3) is 0.375. The Labute approximate surface area is 152 Å². The molecule has 2 aromatic rings. The zero-order chi connectivity index (χ0) is 19.0. The molecule has 0 radical (unpaired) electrons. The second-order valence-electron chi connectivity index (χ2n) is 5.79. The van der Waals surface area contributed by atoms with E-state index in [9.17, 15) is 8.42 Å². The number of benzene rings is 1. The number of aromatic amines is 1. The molecule has 1 aromatic heterocycles. The third-order valence-electron chi connectivity index (χ3n) is 3.52. The maximum Gasteiger partial charge on any atom is 0.294 e. The molecule has 1 atom stereocenters. The zero-order valence-corrected chi connectivity index (χ0v) is 15.3. The van der Waals surface area contributed by atoms with Gasteiger partial charge in [0.25, 0.3) is 10.1 Å². The van der Waals surface area contributed by atoms with E-state index >= 15 is 0 Å². The molecule has 0 saturated heterocycles. The Morgan fingerprint density at radius 1 is 1.35 bits per heavy atom. The van der Waals surface area contributed by atoms with E-state index in [1.807, 2.05) is 13.1 Å².